The molecule has 22 heavy (non-hydrogen) atoms. The molecule has 0 spiro atoms. The molecule has 1 N–H and O–H groups in total. The van der Waals surface area contributed by atoms with Gasteiger partial charge < -0.3 is 14.6 Å². The predicted octanol–water partition coefficient (Wildman–Crippen LogP) is 1.86. The third-order valence-corrected chi connectivity index (χ3v) is 4.02. The Morgan fingerprint density at radius 2 is 2.14 bits per heavy atom. The zero-order valence-electron chi connectivity index (χ0n) is 12.0. The van der Waals surface area contributed by atoms with Gasteiger partial charge in [-0.3, -0.25) is 0 Å². The molecule has 3 heterocycles. The molecule has 0 bridgehead atoms. The molecule has 1 fully saturated rings. The molecule has 114 valence electrons. The number of benzene rings is 1. The van der Waals surface area contributed by atoms with Crippen molar-refractivity contribution in [1.82, 2.24) is 25.3 Å². The summed E-state index contributed by atoms with van der Waals surface area (Å²) in [7, 11) is 0. The second-order valence-corrected chi connectivity index (χ2v) is 5.77. The summed E-state index contributed by atoms with van der Waals surface area (Å²) in [6, 6.07) is 4.51. The highest BCUT2D eigenvalue weighted by Gasteiger charge is 2.24. The topological polar surface area (TPSA) is 72.0 Å². The molecule has 0 saturated carbocycles. The van der Waals surface area contributed by atoms with Gasteiger partial charge in [0.2, 0.25) is 0 Å². The Kier molecular flexibility index (Phi) is 3.24. The van der Waals surface area contributed by atoms with Crippen molar-refractivity contribution in [3.63, 3.8) is 0 Å². The fraction of sp³-hybridized carbons (Fsp3) is 0.357. The molecule has 0 aliphatic carbocycles. The summed E-state index contributed by atoms with van der Waals surface area (Å²) in [5.41, 5.74) is 2.04. The van der Waals surface area contributed by atoms with Gasteiger partial charge in [-0.15, -0.1) is 4.80 Å². The normalized spacial score (nSPS) is 19.0. The van der Waals surface area contributed by atoms with E-state index < -0.39 is 0 Å². The Hall–Kier alpha value is -2.12. The van der Waals surface area contributed by atoms with Crippen LogP contribution < -0.4 is 10.2 Å². The summed E-state index contributed by atoms with van der Waals surface area (Å²) < 4.78 is 6.02. The molecule has 0 radical (unpaired) electrons. The average molecular weight is 319 g/mol. The van der Waals surface area contributed by atoms with Crippen LogP contribution in [-0.4, -0.2) is 45.7 Å². The van der Waals surface area contributed by atoms with E-state index in [0.29, 0.717) is 33.9 Å². The van der Waals surface area contributed by atoms with E-state index in [1.807, 2.05) is 0 Å². The van der Waals surface area contributed by atoms with Crippen LogP contribution in [0.15, 0.2) is 28.9 Å². The van der Waals surface area contributed by atoms with E-state index in [4.69, 9.17) is 16.0 Å². The predicted molar refractivity (Wildman–Crippen MR) is 83.6 cm³/mol. The zero-order chi connectivity index (χ0) is 15.1. The Morgan fingerprint density at radius 3 is 2.91 bits per heavy atom. The first kappa shape index (κ1) is 13.5. The van der Waals surface area contributed by atoms with Crippen molar-refractivity contribution < 1.29 is 4.42 Å². The Morgan fingerprint density at radius 1 is 1.32 bits per heavy atom. The SMILES string of the molecule is C[C@H]1CNCCN1c1nc2cc(Cl)cc(-n3nccn3)c2o1. The number of nitrogens with zero attached hydrogens (tertiary/aromatic N) is 5. The van der Waals surface area contributed by atoms with Gasteiger partial charge >= 0.3 is 0 Å². The smallest absolute Gasteiger partial charge is 0.298 e. The lowest BCUT2D eigenvalue weighted by Gasteiger charge is -2.32. The van der Waals surface area contributed by atoms with Crippen LogP contribution in [0.2, 0.25) is 5.02 Å². The second-order valence-electron chi connectivity index (χ2n) is 5.33. The average Bonchev–Trinajstić information content (AvgIpc) is 3.15. The van der Waals surface area contributed by atoms with Crippen LogP contribution in [-0.2, 0) is 0 Å². The largest absolute Gasteiger partial charge is 0.421 e. The first-order valence-electron chi connectivity index (χ1n) is 7.16. The molecule has 7 nitrogen and oxygen atoms in total. The fourth-order valence-corrected chi connectivity index (χ4v) is 2.91. The van der Waals surface area contributed by atoms with Crippen molar-refractivity contribution in [2.45, 2.75) is 13.0 Å². The van der Waals surface area contributed by atoms with E-state index >= 15 is 0 Å². The molecule has 3 aromatic rings. The molecule has 0 amide bonds. The minimum Gasteiger partial charge on any atom is -0.421 e. The molecule has 1 aliphatic rings. The minimum absolute atomic E-state index is 0.323. The summed E-state index contributed by atoms with van der Waals surface area (Å²) in [6.45, 7) is 4.82. The monoisotopic (exact) mass is 318 g/mol. The van der Waals surface area contributed by atoms with Crippen molar-refractivity contribution in [2.24, 2.45) is 0 Å². The summed E-state index contributed by atoms with van der Waals surface area (Å²) in [5, 5.41) is 12.2. The number of hydrogen-bond acceptors (Lipinski definition) is 6. The van der Waals surface area contributed by atoms with Crippen LogP contribution in [0.5, 0.6) is 0 Å². The minimum atomic E-state index is 0.323. The summed E-state index contributed by atoms with van der Waals surface area (Å²) >= 11 is 6.19. The van der Waals surface area contributed by atoms with Crippen molar-refractivity contribution in [3.8, 4) is 5.69 Å². The van der Waals surface area contributed by atoms with Crippen molar-refractivity contribution in [3.05, 3.63) is 29.5 Å². The van der Waals surface area contributed by atoms with Gasteiger partial charge in [-0.2, -0.15) is 15.2 Å². The van der Waals surface area contributed by atoms with Crippen LogP contribution in [0.3, 0.4) is 0 Å². The number of aromatic nitrogens is 4. The highest BCUT2D eigenvalue weighted by atomic mass is 35.5. The highest BCUT2D eigenvalue weighted by Crippen LogP contribution is 2.30. The lowest BCUT2D eigenvalue weighted by molar-refractivity contribution is 0.455. The Balaban J connectivity index is 1.85. The lowest BCUT2D eigenvalue weighted by atomic mass is 10.2. The Labute approximate surface area is 131 Å². The number of fused-ring (bicyclic) bond motifs is 1. The lowest BCUT2D eigenvalue weighted by Crippen LogP contribution is -2.50. The van der Waals surface area contributed by atoms with E-state index in [1.54, 1.807) is 24.5 Å². The van der Waals surface area contributed by atoms with Gasteiger partial charge in [0, 0.05) is 30.7 Å². The van der Waals surface area contributed by atoms with E-state index in [9.17, 15) is 0 Å². The van der Waals surface area contributed by atoms with Gasteiger partial charge in [0.1, 0.15) is 11.2 Å². The number of hydrogen-bond donors (Lipinski definition) is 1. The van der Waals surface area contributed by atoms with Gasteiger partial charge in [-0.1, -0.05) is 11.6 Å². The van der Waals surface area contributed by atoms with Crippen LogP contribution in [0, 0.1) is 0 Å². The van der Waals surface area contributed by atoms with Gasteiger partial charge in [0.15, 0.2) is 5.58 Å². The highest BCUT2D eigenvalue weighted by molar-refractivity contribution is 6.31. The molecule has 1 atom stereocenters. The Bertz CT molecular complexity index is 799. The van der Waals surface area contributed by atoms with Crippen LogP contribution in [0.1, 0.15) is 6.92 Å². The van der Waals surface area contributed by atoms with Gasteiger partial charge in [0.05, 0.1) is 12.4 Å². The molecule has 1 saturated heterocycles. The molecule has 4 rings (SSSR count). The van der Waals surface area contributed by atoms with Crippen LogP contribution in [0.25, 0.3) is 16.8 Å². The second kappa shape index (κ2) is 5.26. The van der Waals surface area contributed by atoms with Crippen molar-refractivity contribution >= 4 is 28.7 Å². The molecular weight excluding hydrogens is 304 g/mol. The van der Waals surface area contributed by atoms with Crippen LogP contribution >= 0.6 is 11.6 Å². The van der Waals surface area contributed by atoms with Gasteiger partial charge in [-0.05, 0) is 19.1 Å². The maximum absolute atomic E-state index is 6.19. The third-order valence-electron chi connectivity index (χ3n) is 3.81. The standard InChI is InChI=1S/C14H15ClN6O/c1-9-8-16-4-5-20(9)14-19-11-6-10(15)7-12(13(11)22-14)21-17-2-3-18-21/h2-3,6-7,9,16H,4-5,8H2,1H3/t9-/m0/s1. The quantitative estimate of drug-likeness (QED) is 0.777. The molecular formula is C14H15ClN6O. The third kappa shape index (κ3) is 2.22. The van der Waals surface area contributed by atoms with Crippen molar-refractivity contribution in [1.29, 1.82) is 0 Å². The maximum Gasteiger partial charge on any atom is 0.298 e. The molecule has 8 heteroatoms. The summed E-state index contributed by atoms with van der Waals surface area (Å²) in [4.78, 5) is 8.24. The fourth-order valence-electron chi connectivity index (χ4n) is 2.71. The number of piperazine rings is 1. The van der Waals surface area contributed by atoms with Crippen molar-refractivity contribution in [2.75, 3.05) is 24.5 Å². The summed E-state index contributed by atoms with van der Waals surface area (Å²) in [6.07, 6.45) is 3.23. The zero-order valence-corrected chi connectivity index (χ0v) is 12.8. The van der Waals surface area contributed by atoms with E-state index in [1.165, 1.54) is 4.80 Å². The molecule has 1 aromatic carbocycles. The first-order valence-corrected chi connectivity index (χ1v) is 7.54. The van der Waals surface area contributed by atoms with E-state index in [-0.39, 0.29) is 0 Å². The van der Waals surface area contributed by atoms with E-state index in [2.05, 4.69) is 32.3 Å². The summed E-state index contributed by atoms with van der Waals surface area (Å²) in [5.74, 6) is 0. The number of nitrogens with one attached hydrogen (secondary N) is 1. The van der Waals surface area contributed by atoms with Gasteiger partial charge in [0.25, 0.3) is 6.01 Å². The number of oxazole rings is 1. The van der Waals surface area contributed by atoms with E-state index in [0.717, 1.165) is 19.6 Å². The first-order chi connectivity index (χ1) is 10.7. The number of rotatable bonds is 2. The van der Waals surface area contributed by atoms with Gasteiger partial charge in [-0.25, -0.2) is 0 Å². The molecule has 1 aliphatic heterocycles. The molecule has 0 unspecified atom stereocenters. The van der Waals surface area contributed by atoms with Crippen LogP contribution in [0.4, 0.5) is 6.01 Å². The number of anilines is 1. The maximum atomic E-state index is 6.19. The molecule has 2 aromatic heterocycles. The number of halogens is 1.